The molecule has 1 amide bonds. The van der Waals surface area contributed by atoms with Gasteiger partial charge in [-0.05, 0) is 23.8 Å². The van der Waals surface area contributed by atoms with Crippen molar-refractivity contribution in [1.29, 1.82) is 10.8 Å². The van der Waals surface area contributed by atoms with Crippen molar-refractivity contribution in [3.63, 3.8) is 0 Å². The van der Waals surface area contributed by atoms with Crippen molar-refractivity contribution in [2.75, 3.05) is 25.9 Å². The van der Waals surface area contributed by atoms with E-state index in [1.807, 2.05) is 0 Å². The molecule has 0 spiro atoms. The monoisotopic (exact) mass is 484 g/mol. The number of benzene rings is 2. The van der Waals surface area contributed by atoms with Gasteiger partial charge in [0.25, 0.3) is 11.5 Å². The van der Waals surface area contributed by atoms with Crippen LogP contribution in [0.2, 0.25) is 0 Å². The van der Waals surface area contributed by atoms with E-state index in [-0.39, 0.29) is 43.0 Å². The molecule has 0 atom stereocenters. The van der Waals surface area contributed by atoms with Crippen LogP contribution in [0.5, 0.6) is 0 Å². The number of fused-ring (bicyclic) bond motifs is 1. The van der Waals surface area contributed by atoms with Crippen molar-refractivity contribution in [1.82, 2.24) is 20.0 Å². The van der Waals surface area contributed by atoms with Crippen molar-refractivity contribution in [3.8, 4) is 0 Å². The lowest BCUT2D eigenvalue weighted by molar-refractivity contribution is 0.0753. The third-order valence-corrected chi connectivity index (χ3v) is 6.47. The Morgan fingerprint density at radius 1 is 1.18 bits per heavy atom. The lowest BCUT2D eigenvalue weighted by Crippen LogP contribution is -2.55. The summed E-state index contributed by atoms with van der Waals surface area (Å²) in [6.07, 6.45) is 1.12. The maximum atomic E-state index is 14.6. The molecule has 176 valence electrons. The number of aromatic amines is 1. The maximum absolute atomic E-state index is 14.6. The summed E-state index contributed by atoms with van der Waals surface area (Å²) in [7, 11) is -3.81. The van der Waals surface area contributed by atoms with Crippen molar-refractivity contribution < 1.29 is 17.6 Å². The molecule has 4 rings (SSSR count). The van der Waals surface area contributed by atoms with E-state index >= 15 is 0 Å². The standard InChI is InChI=1S/C22H21FN6O4S/c1-34(32,33)22(25)29-9-8-28(12-19(29)24)21(31)16-10-13(6-7-17(16)23)11-18-14-4-2-3-5-15(14)20(30)27-26-18/h2-7,10,24-25H,8-9,11-12H2,1H3,(H,27,30). The van der Waals surface area contributed by atoms with E-state index in [0.717, 1.165) is 11.2 Å². The number of carbonyl (C=O) groups excluding carboxylic acids is 1. The first-order valence-corrected chi connectivity index (χ1v) is 12.1. The van der Waals surface area contributed by atoms with E-state index in [2.05, 4.69) is 10.2 Å². The predicted molar refractivity (Wildman–Crippen MR) is 124 cm³/mol. The molecule has 1 fully saturated rings. The second-order valence-corrected chi connectivity index (χ2v) is 9.87. The Labute approximate surface area is 193 Å². The summed E-state index contributed by atoms with van der Waals surface area (Å²) >= 11 is 0. The normalized spacial score (nSPS) is 14.5. The fraction of sp³-hybridized carbons (Fsp3) is 0.227. The van der Waals surface area contributed by atoms with E-state index in [4.69, 9.17) is 10.8 Å². The molecular weight excluding hydrogens is 463 g/mol. The van der Waals surface area contributed by atoms with Gasteiger partial charge in [-0.2, -0.15) is 5.10 Å². The van der Waals surface area contributed by atoms with Crippen LogP contribution in [-0.4, -0.2) is 71.2 Å². The van der Waals surface area contributed by atoms with E-state index in [1.165, 1.54) is 23.1 Å². The van der Waals surface area contributed by atoms with E-state index in [0.29, 0.717) is 22.0 Å². The van der Waals surface area contributed by atoms with Crippen LogP contribution in [0.4, 0.5) is 4.39 Å². The highest BCUT2D eigenvalue weighted by Gasteiger charge is 2.31. The topological polar surface area (TPSA) is 151 Å². The average Bonchev–Trinajstić information content (AvgIpc) is 2.80. The van der Waals surface area contributed by atoms with E-state index in [9.17, 15) is 22.4 Å². The first-order chi connectivity index (χ1) is 16.1. The largest absolute Gasteiger partial charge is 0.329 e. The molecule has 2 aromatic carbocycles. The van der Waals surface area contributed by atoms with Crippen molar-refractivity contribution in [2.45, 2.75) is 6.42 Å². The smallest absolute Gasteiger partial charge is 0.272 e. The number of rotatable bonds is 3. The van der Waals surface area contributed by atoms with Crippen LogP contribution in [0.25, 0.3) is 10.8 Å². The molecule has 3 N–H and O–H groups in total. The summed E-state index contributed by atoms with van der Waals surface area (Å²) in [5.41, 5.74) is 0.655. The Kier molecular flexibility index (Phi) is 6.00. The van der Waals surface area contributed by atoms with Crippen molar-refractivity contribution >= 4 is 37.5 Å². The van der Waals surface area contributed by atoms with Crippen molar-refractivity contribution in [2.24, 2.45) is 0 Å². The number of amidine groups is 2. The molecule has 12 heteroatoms. The molecule has 0 saturated carbocycles. The molecule has 34 heavy (non-hydrogen) atoms. The second-order valence-electron chi connectivity index (χ2n) is 7.94. The van der Waals surface area contributed by atoms with Gasteiger partial charge in [0.05, 0.1) is 23.2 Å². The highest BCUT2D eigenvalue weighted by atomic mass is 32.2. The van der Waals surface area contributed by atoms with Gasteiger partial charge in [-0.25, -0.2) is 17.9 Å². The lowest BCUT2D eigenvalue weighted by Gasteiger charge is -2.35. The number of nitrogens with one attached hydrogen (secondary N) is 3. The first-order valence-electron chi connectivity index (χ1n) is 10.2. The first kappa shape index (κ1) is 23.2. The van der Waals surface area contributed by atoms with Gasteiger partial charge in [0, 0.05) is 31.2 Å². The molecule has 1 aliphatic rings. The molecule has 1 aromatic heterocycles. The molecule has 0 bridgehead atoms. The fourth-order valence-corrected chi connectivity index (χ4v) is 4.42. The highest BCUT2D eigenvalue weighted by Crippen LogP contribution is 2.20. The number of amides is 1. The SMILES string of the molecule is CS(=O)(=O)C(=N)N1CCN(C(=O)c2cc(Cc3n[nH]c(=O)c4ccccc34)ccc2F)CC1=N. The summed E-state index contributed by atoms with van der Waals surface area (Å²) in [5, 5.41) is 22.8. The molecule has 0 radical (unpaired) electrons. The third kappa shape index (κ3) is 4.44. The minimum Gasteiger partial charge on any atom is -0.329 e. The number of H-pyrrole nitrogens is 1. The molecule has 1 aliphatic heterocycles. The van der Waals surface area contributed by atoms with Crippen LogP contribution in [0.3, 0.4) is 0 Å². The van der Waals surface area contributed by atoms with Gasteiger partial charge in [0.1, 0.15) is 11.7 Å². The zero-order valence-electron chi connectivity index (χ0n) is 18.1. The number of piperazine rings is 1. The molecule has 3 aromatic rings. The number of sulfone groups is 1. The number of aromatic nitrogens is 2. The minimum atomic E-state index is -3.81. The van der Waals surface area contributed by atoms with Gasteiger partial charge in [0.2, 0.25) is 15.0 Å². The second kappa shape index (κ2) is 8.78. The summed E-state index contributed by atoms with van der Waals surface area (Å²) < 4.78 is 37.8. The third-order valence-electron chi connectivity index (χ3n) is 5.55. The number of nitrogens with zero attached hydrogens (tertiary/aromatic N) is 3. The summed E-state index contributed by atoms with van der Waals surface area (Å²) in [6.45, 7) is -0.299. The average molecular weight is 485 g/mol. The number of hydrogen-bond donors (Lipinski definition) is 3. The Bertz CT molecular complexity index is 1500. The summed E-state index contributed by atoms with van der Waals surface area (Å²) in [4.78, 5) is 27.3. The number of carbonyl (C=O) groups is 1. The van der Waals surface area contributed by atoms with E-state index in [1.54, 1.807) is 24.3 Å². The molecular formula is C22H21FN6O4S. The predicted octanol–water partition coefficient (Wildman–Crippen LogP) is 1.37. The molecule has 10 nitrogen and oxygen atoms in total. The molecule has 2 heterocycles. The van der Waals surface area contributed by atoms with Gasteiger partial charge < -0.3 is 9.80 Å². The van der Waals surface area contributed by atoms with Gasteiger partial charge in [0.15, 0.2) is 0 Å². The Balaban J connectivity index is 1.57. The minimum absolute atomic E-state index is 0.0227. The van der Waals surface area contributed by atoms with Crippen LogP contribution in [-0.2, 0) is 16.3 Å². The quantitative estimate of drug-likeness (QED) is 0.377. The van der Waals surface area contributed by atoms with Crippen LogP contribution in [0.15, 0.2) is 47.3 Å². The molecule has 1 saturated heterocycles. The van der Waals surface area contributed by atoms with Crippen LogP contribution in [0.1, 0.15) is 21.6 Å². The van der Waals surface area contributed by atoms with Gasteiger partial charge in [-0.15, -0.1) is 0 Å². The Hall–Kier alpha value is -3.93. The van der Waals surface area contributed by atoms with Gasteiger partial charge in [-0.1, -0.05) is 24.3 Å². The van der Waals surface area contributed by atoms with Crippen LogP contribution >= 0.6 is 0 Å². The Morgan fingerprint density at radius 3 is 2.56 bits per heavy atom. The van der Waals surface area contributed by atoms with E-state index < -0.39 is 26.7 Å². The maximum Gasteiger partial charge on any atom is 0.272 e. The molecule has 0 aliphatic carbocycles. The number of halogens is 1. The highest BCUT2D eigenvalue weighted by molar-refractivity contribution is 8.05. The van der Waals surface area contributed by atoms with Crippen molar-refractivity contribution in [3.05, 3.63) is 75.5 Å². The van der Waals surface area contributed by atoms with Gasteiger partial charge in [-0.3, -0.25) is 20.4 Å². The molecule has 0 unspecified atom stereocenters. The van der Waals surface area contributed by atoms with Crippen LogP contribution in [0, 0.1) is 16.6 Å². The summed E-state index contributed by atoms with van der Waals surface area (Å²) in [5.74, 6) is -1.62. The summed E-state index contributed by atoms with van der Waals surface area (Å²) in [6, 6.07) is 11.1. The van der Waals surface area contributed by atoms with Gasteiger partial charge >= 0.3 is 0 Å². The Morgan fingerprint density at radius 2 is 1.88 bits per heavy atom. The zero-order valence-corrected chi connectivity index (χ0v) is 18.9. The van der Waals surface area contributed by atoms with Crippen LogP contribution < -0.4 is 5.56 Å². The number of hydrogen-bond acceptors (Lipinski definition) is 7. The fourth-order valence-electron chi connectivity index (χ4n) is 3.81. The zero-order chi connectivity index (χ0) is 24.6. The lowest BCUT2D eigenvalue weighted by atomic mass is 10.0.